The van der Waals surface area contributed by atoms with Gasteiger partial charge in [-0.25, -0.2) is 0 Å². The summed E-state index contributed by atoms with van der Waals surface area (Å²) < 4.78 is 27.7. The second-order valence-electron chi connectivity index (χ2n) is 2.36. The molecular formula is C6H6AsNO7. The van der Waals surface area contributed by atoms with Crippen molar-refractivity contribution in [2.45, 2.75) is 0 Å². The third-order valence-electron chi connectivity index (χ3n) is 1.23. The third kappa shape index (κ3) is 3.92. The summed E-state index contributed by atoms with van der Waals surface area (Å²) in [6.45, 7) is 0. The van der Waals surface area contributed by atoms with Crippen molar-refractivity contribution in [3.05, 3.63) is 34.4 Å². The van der Waals surface area contributed by atoms with Crippen molar-refractivity contribution in [1.82, 2.24) is 0 Å². The molecule has 0 aliphatic carbocycles. The quantitative estimate of drug-likeness (QED) is 0.446. The van der Waals surface area contributed by atoms with E-state index in [-0.39, 0.29) is 11.5 Å². The van der Waals surface area contributed by atoms with Crippen molar-refractivity contribution in [1.29, 1.82) is 0 Å². The Morgan fingerprint density at radius 3 is 2.33 bits per heavy atom. The molecule has 15 heavy (non-hydrogen) atoms. The van der Waals surface area contributed by atoms with E-state index in [1.54, 1.807) is 0 Å². The number of hydrogen-bond acceptors (Lipinski definition) is 6. The van der Waals surface area contributed by atoms with Gasteiger partial charge in [-0.1, -0.05) is 0 Å². The van der Waals surface area contributed by atoms with Crippen LogP contribution >= 0.6 is 0 Å². The summed E-state index contributed by atoms with van der Waals surface area (Å²) in [4.78, 5) is 9.81. The molecule has 0 bridgehead atoms. The Balaban J connectivity index is 2.73. The van der Waals surface area contributed by atoms with E-state index in [0.717, 1.165) is 0 Å². The minimum absolute atomic E-state index is 0.0717. The zero-order valence-corrected chi connectivity index (χ0v) is 9.02. The third-order valence-corrected chi connectivity index (χ3v) is 2.87. The molecule has 1 unspecified atom stereocenters. The van der Waals surface area contributed by atoms with Gasteiger partial charge in [0.2, 0.25) is 0 Å². The van der Waals surface area contributed by atoms with E-state index in [0.29, 0.717) is 0 Å². The van der Waals surface area contributed by atoms with E-state index < -0.39 is 19.6 Å². The van der Waals surface area contributed by atoms with Crippen LogP contribution in [0.5, 0.6) is 11.5 Å². The molecule has 8 nitrogen and oxygen atoms in total. The molecule has 9 heteroatoms. The van der Waals surface area contributed by atoms with Gasteiger partial charge in [0.1, 0.15) is 0 Å². The average molecular weight is 279 g/mol. The van der Waals surface area contributed by atoms with Gasteiger partial charge in [-0.2, -0.15) is 0 Å². The minimum atomic E-state index is -5.40. The Bertz CT molecular complexity index is 402. The SMILES string of the molecule is O=[N+]([O-])O[As](=O)(O)Oc1ccc(O)cc1. The zero-order valence-electron chi connectivity index (χ0n) is 7.14. The molecule has 0 saturated heterocycles. The van der Waals surface area contributed by atoms with E-state index in [1.807, 2.05) is 0 Å². The molecule has 0 spiro atoms. The predicted octanol–water partition coefficient (Wildman–Crippen LogP) is -0.162. The monoisotopic (exact) mass is 279 g/mol. The molecule has 0 amide bonds. The molecule has 2 N–H and O–H groups in total. The topological polar surface area (TPSA) is 119 Å². The fourth-order valence-corrected chi connectivity index (χ4v) is 1.98. The molecule has 1 aromatic carbocycles. The fourth-order valence-electron chi connectivity index (χ4n) is 0.741. The number of aromatic hydroxyl groups is 1. The van der Waals surface area contributed by atoms with Crippen molar-refractivity contribution in [3.63, 3.8) is 0 Å². The summed E-state index contributed by atoms with van der Waals surface area (Å²) in [5, 5.41) is 17.3. The first-order chi connectivity index (χ1) is 6.89. The normalized spacial score (nSPS) is 13.9. The number of phenols is 1. The summed E-state index contributed by atoms with van der Waals surface area (Å²) >= 11 is -5.40. The van der Waals surface area contributed by atoms with Crippen LogP contribution in [0.1, 0.15) is 0 Å². The summed E-state index contributed by atoms with van der Waals surface area (Å²) in [5.74, 6) is -0.183. The fraction of sp³-hybridized carbons (Fsp3) is 0. The Kier molecular flexibility index (Phi) is 3.23. The van der Waals surface area contributed by atoms with Crippen LogP contribution in [-0.4, -0.2) is 28.8 Å². The molecule has 1 atom stereocenters. The molecule has 0 fully saturated rings. The van der Waals surface area contributed by atoms with Gasteiger partial charge in [0.15, 0.2) is 0 Å². The average Bonchev–Trinajstić information content (AvgIpc) is 2.06. The Morgan fingerprint density at radius 1 is 1.33 bits per heavy atom. The van der Waals surface area contributed by atoms with Crippen LogP contribution in [0, 0.1) is 10.1 Å². The molecule has 1 aromatic rings. The predicted molar refractivity (Wildman–Crippen MR) is 45.5 cm³/mol. The summed E-state index contributed by atoms with van der Waals surface area (Å²) in [6.07, 6.45) is 0. The molecule has 0 radical (unpaired) electrons. The van der Waals surface area contributed by atoms with Crippen molar-refractivity contribution in [3.8, 4) is 11.5 Å². The van der Waals surface area contributed by atoms with Gasteiger partial charge in [0.25, 0.3) is 0 Å². The molecule has 0 aliphatic heterocycles. The first kappa shape index (κ1) is 11.4. The summed E-state index contributed by atoms with van der Waals surface area (Å²) in [7, 11) is 0. The van der Waals surface area contributed by atoms with Crippen LogP contribution in [0.2, 0.25) is 0 Å². The Hall–Kier alpha value is -1.66. The van der Waals surface area contributed by atoms with Crippen LogP contribution in [-0.2, 0) is 7.57 Å². The van der Waals surface area contributed by atoms with E-state index in [1.165, 1.54) is 24.3 Å². The molecule has 0 heterocycles. The number of hydrogen-bond donors (Lipinski definition) is 2. The van der Waals surface area contributed by atoms with Gasteiger partial charge in [-0.05, 0) is 0 Å². The van der Waals surface area contributed by atoms with Crippen LogP contribution in [0.15, 0.2) is 24.3 Å². The van der Waals surface area contributed by atoms with Gasteiger partial charge >= 0.3 is 86.0 Å². The molecule has 1 rings (SSSR count). The van der Waals surface area contributed by atoms with Crippen LogP contribution in [0.25, 0.3) is 0 Å². The van der Waals surface area contributed by atoms with Crippen molar-refractivity contribution in [2.24, 2.45) is 0 Å². The number of phenolic OH excluding ortho intramolecular Hbond substituents is 1. The second kappa shape index (κ2) is 4.24. The van der Waals surface area contributed by atoms with Crippen LogP contribution in [0.3, 0.4) is 0 Å². The van der Waals surface area contributed by atoms with Crippen molar-refractivity contribution in [2.75, 3.05) is 0 Å². The molecule has 82 valence electrons. The Morgan fingerprint density at radius 2 is 1.87 bits per heavy atom. The first-order valence-electron chi connectivity index (χ1n) is 3.54. The standard InChI is InChI=1S/C6H6AsNO7/c9-5-1-3-6(4-2-5)14-7(10,11)15-8(12)13/h1-4,9H,(H,10,11). The number of rotatable bonds is 4. The molecule has 0 aliphatic rings. The zero-order chi connectivity index (χ0) is 11.5. The van der Waals surface area contributed by atoms with Gasteiger partial charge in [-0.3, -0.25) is 0 Å². The van der Waals surface area contributed by atoms with E-state index in [2.05, 4.69) is 7.55 Å². The summed E-state index contributed by atoms with van der Waals surface area (Å²) in [6, 6.07) is 4.72. The molecule has 0 saturated carbocycles. The van der Waals surface area contributed by atoms with Crippen molar-refractivity contribution >= 4 is 14.5 Å². The van der Waals surface area contributed by atoms with Crippen molar-refractivity contribution < 1.29 is 25.6 Å². The maximum absolute atomic E-state index is 10.9. The number of nitrogens with zero attached hydrogens (tertiary/aromatic N) is 1. The maximum atomic E-state index is 10.9. The molecular weight excluding hydrogens is 273 g/mol. The van der Waals surface area contributed by atoms with E-state index >= 15 is 0 Å². The molecule has 0 aromatic heterocycles. The summed E-state index contributed by atoms with van der Waals surface area (Å²) in [5.41, 5.74) is 0. The van der Waals surface area contributed by atoms with Gasteiger partial charge in [-0.15, -0.1) is 0 Å². The number of benzene rings is 1. The van der Waals surface area contributed by atoms with E-state index in [4.69, 9.17) is 9.20 Å². The Labute approximate surface area is 86.5 Å². The van der Waals surface area contributed by atoms with Crippen LogP contribution in [0.4, 0.5) is 0 Å². The van der Waals surface area contributed by atoms with Crippen LogP contribution < -0.4 is 3.73 Å². The second-order valence-corrected chi connectivity index (χ2v) is 5.05. The first-order valence-corrected chi connectivity index (χ1v) is 6.68. The van der Waals surface area contributed by atoms with Gasteiger partial charge in [0.05, 0.1) is 0 Å². The van der Waals surface area contributed by atoms with E-state index in [9.17, 15) is 13.9 Å². The van der Waals surface area contributed by atoms with Gasteiger partial charge < -0.3 is 0 Å². The van der Waals surface area contributed by atoms with Gasteiger partial charge in [0, 0.05) is 0 Å².